The van der Waals surface area contributed by atoms with Crippen molar-refractivity contribution in [2.24, 2.45) is 5.73 Å². The predicted octanol–water partition coefficient (Wildman–Crippen LogP) is 2.27. The Hall–Kier alpha value is -1.20. The van der Waals surface area contributed by atoms with E-state index in [0.717, 1.165) is 10.0 Å². The lowest BCUT2D eigenvalue weighted by Crippen LogP contribution is -1.95. The molecule has 0 aliphatic heterocycles. The number of aryl methyl sites for hydroxylation is 1. The number of aromatic nitrogens is 2. The van der Waals surface area contributed by atoms with Crippen molar-refractivity contribution >= 4 is 15.9 Å². The van der Waals surface area contributed by atoms with E-state index in [2.05, 4.69) is 26.1 Å². The molecule has 0 bridgehead atoms. The van der Waals surface area contributed by atoms with Crippen molar-refractivity contribution in [2.45, 2.75) is 13.5 Å². The molecule has 1 heterocycles. The third-order valence-electron chi connectivity index (χ3n) is 2.00. The third-order valence-corrected chi connectivity index (χ3v) is 2.65. The van der Waals surface area contributed by atoms with Crippen LogP contribution in [0.1, 0.15) is 11.5 Å². The Morgan fingerprint density at radius 3 is 2.80 bits per heavy atom. The Kier molecular flexibility index (Phi) is 2.83. The van der Waals surface area contributed by atoms with Crippen molar-refractivity contribution < 1.29 is 4.42 Å². The summed E-state index contributed by atoms with van der Waals surface area (Å²) in [5.74, 6) is 0.930. The Labute approximate surface area is 95.6 Å². The highest BCUT2D eigenvalue weighted by Crippen LogP contribution is 2.27. The summed E-state index contributed by atoms with van der Waals surface area (Å²) in [5.41, 5.74) is 7.45. The van der Waals surface area contributed by atoms with Crippen molar-refractivity contribution in [2.75, 3.05) is 0 Å². The van der Waals surface area contributed by atoms with Gasteiger partial charge in [0.2, 0.25) is 11.8 Å². The van der Waals surface area contributed by atoms with Gasteiger partial charge in [0.1, 0.15) is 0 Å². The summed E-state index contributed by atoms with van der Waals surface area (Å²) >= 11 is 3.46. The summed E-state index contributed by atoms with van der Waals surface area (Å²) in [7, 11) is 0. The summed E-state index contributed by atoms with van der Waals surface area (Å²) in [4.78, 5) is 0. The van der Waals surface area contributed by atoms with Gasteiger partial charge in [-0.15, -0.1) is 10.2 Å². The van der Waals surface area contributed by atoms with Crippen molar-refractivity contribution in [1.29, 1.82) is 0 Å². The zero-order valence-electron chi connectivity index (χ0n) is 8.20. The first-order chi connectivity index (χ1) is 7.20. The molecule has 15 heavy (non-hydrogen) atoms. The van der Waals surface area contributed by atoms with Gasteiger partial charge in [-0.25, -0.2) is 0 Å². The summed E-state index contributed by atoms with van der Waals surface area (Å²) in [5, 5.41) is 7.73. The number of halogens is 1. The van der Waals surface area contributed by atoms with E-state index < -0.39 is 0 Å². The van der Waals surface area contributed by atoms with Crippen LogP contribution in [0.15, 0.2) is 27.1 Å². The molecule has 5 heteroatoms. The molecule has 4 nitrogen and oxygen atoms in total. The molecule has 1 aromatic carbocycles. The van der Waals surface area contributed by atoms with Gasteiger partial charge < -0.3 is 10.2 Å². The van der Waals surface area contributed by atoms with Gasteiger partial charge in [-0.3, -0.25) is 0 Å². The number of nitrogens with two attached hydrogens (primary N) is 1. The van der Waals surface area contributed by atoms with Crippen molar-refractivity contribution in [3.8, 4) is 11.5 Å². The van der Waals surface area contributed by atoms with E-state index in [9.17, 15) is 0 Å². The standard InChI is InChI=1S/C10H10BrN3O/c1-6-2-3-7(8(11)4-6)10-14-13-9(5-12)15-10/h2-4H,5,12H2,1H3. The molecule has 0 amide bonds. The highest BCUT2D eigenvalue weighted by Gasteiger charge is 2.10. The molecule has 1 aromatic heterocycles. The van der Waals surface area contributed by atoms with Crippen molar-refractivity contribution in [1.82, 2.24) is 10.2 Å². The monoisotopic (exact) mass is 267 g/mol. The van der Waals surface area contributed by atoms with Crippen LogP contribution < -0.4 is 5.73 Å². The maximum Gasteiger partial charge on any atom is 0.248 e. The van der Waals surface area contributed by atoms with Gasteiger partial charge in [0.05, 0.1) is 12.1 Å². The molecule has 2 rings (SSSR count). The third kappa shape index (κ3) is 2.08. The molecule has 0 atom stereocenters. The number of nitrogens with zero attached hydrogens (tertiary/aromatic N) is 2. The Bertz CT molecular complexity index is 481. The fourth-order valence-corrected chi connectivity index (χ4v) is 1.90. The first-order valence-corrected chi connectivity index (χ1v) is 5.29. The predicted molar refractivity (Wildman–Crippen MR) is 60.1 cm³/mol. The summed E-state index contributed by atoms with van der Waals surface area (Å²) in [6.45, 7) is 2.28. The smallest absolute Gasteiger partial charge is 0.248 e. The molecule has 0 unspecified atom stereocenters. The van der Waals surface area contributed by atoms with Crippen molar-refractivity contribution in [3.63, 3.8) is 0 Å². The van der Waals surface area contributed by atoms with Crippen LogP contribution in [0.25, 0.3) is 11.5 Å². The van der Waals surface area contributed by atoms with Gasteiger partial charge in [-0.1, -0.05) is 6.07 Å². The second kappa shape index (κ2) is 4.12. The van der Waals surface area contributed by atoms with Crippen LogP contribution in [-0.4, -0.2) is 10.2 Å². The second-order valence-electron chi connectivity index (χ2n) is 3.19. The lowest BCUT2D eigenvalue weighted by molar-refractivity contribution is 0.508. The quantitative estimate of drug-likeness (QED) is 0.907. The minimum Gasteiger partial charge on any atom is -0.419 e. The van der Waals surface area contributed by atoms with Gasteiger partial charge in [0.15, 0.2) is 0 Å². The molecule has 2 aromatic rings. The number of hydrogen-bond acceptors (Lipinski definition) is 4. The van der Waals surface area contributed by atoms with Crippen LogP contribution in [0.4, 0.5) is 0 Å². The van der Waals surface area contributed by atoms with Gasteiger partial charge in [-0.05, 0) is 40.5 Å². The largest absolute Gasteiger partial charge is 0.419 e. The lowest BCUT2D eigenvalue weighted by atomic mass is 10.1. The van der Waals surface area contributed by atoms with Gasteiger partial charge in [0, 0.05) is 4.47 Å². The second-order valence-corrected chi connectivity index (χ2v) is 4.04. The molecule has 2 N–H and O–H groups in total. The van der Waals surface area contributed by atoms with Crippen LogP contribution in [-0.2, 0) is 6.54 Å². The Morgan fingerprint density at radius 2 is 2.20 bits per heavy atom. The van der Waals surface area contributed by atoms with Crippen LogP contribution in [0.5, 0.6) is 0 Å². The topological polar surface area (TPSA) is 64.9 Å². The molecular weight excluding hydrogens is 258 g/mol. The Balaban J connectivity index is 2.44. The summed E-state index contributed by atoms with van der Waals surface area (Å²) in [6.07, 6.45) is 0. The highest BCUT2D eigenvalue weighted by molar-refractivity contribution is 9.10. The zero-order chi connectivity index (χ0) is 10.8. The molecule has 0 saturated carbocycles. The molecule has 0 spiro atoms. The van der Waals surface area contributed by atoms with Crippen molar-refractivity contribution in [3.05, 3.63) is 34.1 Å². The average Bonchev–Trinajstić information content (AvgIpc) is 2.66. The minimum atomic E-state index is 0.260. The van der Waals surface area contributed by atoms with Gasteiger partial charge in [-0.2, -0.15) is 0 Å². The highest BCUT2D eigenvalue weighted by atomic mass is 79.9. The fraction of sp³-hybridized carbons (Fsp3) is 0.200. The number of rotatable bonds is 2. The lowest BCUT2D eigenvalue weighted by Gasteiger charge is -1.99. The first-order valence-electron chi connectivity index (χ1n) is 4.49. The zero-order valence-corrected chi connectivity index (χ0v) is 9.78. The first kappa shape index (κ1) is 10.3. The maximum atomic E-state index is 5.40. The SMILES string of the molecule is Cc1ccc(-c2nnc(CN)o2)c(Br)c1. The molecular formula is C10H10BrN3O. The maximum absolute atomic E-state index is 5.40. The van der Waals surface area contributed by atoms with Crippen LogP contribution in [0, 0.1) is 6.92 Å². The average molecular weight is 268 g/mol. The molecule has 0 aliphatic rings. The summed E-state index contributed by atoms with van der Waals surface area (Å²) < 4.78 is 6.30. The fourth-order valence-electron chi connectivity index (χ4n) is 1.24. The van der Waals surface area contributed by atoms with E-state index in [1.54, 1.807) is 0 Å². The normalized spacial score (nSPS) is 10.6. The summed E-state index contributed by atoms with van der Waals surface area (Å²) in [6, 6.07) is 5.93. The van der Waals surface area contributed by atoms with Crippen LogP contribution in [0.2, 0.25) is 0 Å². The molecule has 0 radical (unpaired) electrons. The Morgan fingerprint density at radius 1 is 1.40 bits per heavy atom. The van der Waals surface area contributed by atoms with E-state index in [1.807, 2.05) is 25.1 Å². The molecule has 0 fully saturated rings. The van der Waals surface area contributed by atoms with E-state index >= 15 is 0 Å². The number of hydrogen-bond donors (Lipinski definition) is 1. The molecule has 0 aliphatic carbocycles. The van der Waals surface area contributed by atoms with E-state index in [4.69, 9.17) is 10.2 Å². The molecule has 78 valence electrons. The van der Waals surface area contributed by atoms with E-state index in [0.29, 0.717) is 11.8 Å². The number of benzene rings is 1. The minimum absolute atomic E-state index is 0.260. The van der Waals surface area contributed by atoms with Gasteiger partial charge in [0.25, 0.3) is 0 Å². The molecule has 0 saturated heterocycles. The van der Waals surface area contributed by atoms with E-state index in [-0.39, 0.29) is 6.54 Å². The van der Waals surface area contributed by atoms with E-state index in [1.165, 1.54) is 5.56 Å². The van der Waals surface area contributed by atoms with Crippen LogP contribution in [0.3, 0.4) is 0 Å². The van der Waals surface area contributed by atoms with Crippen LogP contribution >= 0.6 is 15.9 Å². The van der Waals surface area contributed by atoms with Gasteiger partial charge >= 0.3 is 0 Å².